The number of nitrogens with zero attached hydrogens (tertiary/aromatic N) is 2. The van der Waals surface area contributed by atoms with Gasteiger partial charge in [-0.25, -0.2) is 0 Å². The smallest absolute Gasteiger partial charge is 0.223 e. The van der Waals surface area contributed by atoms with E-state index >= 15 is 0 Å². The third-order valence-electron chi connectivity index (χ3n) is 5.81. The van der Waals surface area contributed by atoms with Crippen LogP contribution in [-0.4, -0.2) is 54.3 Å². The van der Waals surface area contributed by atoms with Crippen LogP contribution in [0, 0.1) is 5.92 Å². The number of ether oxygens (including phenoxy) is 1. The third-order valence-corrected chi connectivity index (χ3v) is 5.81. The first-order valence-electron chi connectivity index (χ1n) is 9.95. The van der Waals surface area contributed by atoms with E-state index in [9.17, 15) is 4.79 Å². The van der Waals surface area contributed by atoms with Gasteiger partial charge in [0.25, 0.3) is 0 Å². The van der Waals surface area contributed by atoms with Crippen molar-refractivity contribution in [3.63, 3.8) is 0 Å². The van der Waals surface area contributed by atoms with Gasteiger partial charge in [0, 0.05) is 35.8 Å². The van der Waals surface area contributed by atoms with Crippen molar-refractivity contribution in [3.8, 4) is 17.0 Å². The Labute approximate surface area is 160 Å². The number of fused-ring (bicyclic) bond motifs is 1. The summed E-state index contributed by atoms with van der Waals surface area (Å²) in [6.45, 7) is 4.05. The summed E-state index contributed by atoms with van der Waals surface area (Å²) in [5.41, 5.74) is 4.37. The maximum absolute atomic E-state index is 12.7. The van der Waals surface area contributed by atoms with Gasteiger partial charge in [-0.15, -0.1) is 0 Å². The maximum atomic E-state index is 12.7. The first-order valence-corrected chi connectivity index (χ1v) is 9.95. The van der Waals surface area contributed by atoms with E-state index in [1.165, 1.54) is 37.2 Å². The van der Waals surface area contributed by atoms with Crippen LogP contribution in [0.2, 0.25) is 0 Å². The van der Waals surface area contributed by atoms with Crippen LogP contribution in [0.25, 0.3) is 11.3 Å². The van der Waals surface area contributed by atoms with Crippen molar-refractivity contribution in [3.05, 3.63) is 35.5 Å². The minimum absolute atomic E-state index is 0.0330. The Kier molecular flexibility index (Phi) is 5.43. The number of aryl methyl sites for hydroxylation is 1. The summed E-state index contributed by atoms with van der Waals surface area (Å²) < 4.78 is 5.24. The van der Waals surface area contributed by atoms with E-state index in [1.807, 2.05) is 24.3 Å². The molecule has 4 rings (SSSR count). The average molecular weight is 368 g/mol. The first kappa shape index (κ1) is 18.0. The highest BCUT2D eigenvalue weighted by atomic mass is 16.5. The first-order chi connectivity index (χ1) is 13.2. The zero-order chi connectivity index (χ0) is 18.6. The maximum Gasteiger partial charge on any atom is 0.223 e. The molecule has 27 heavy (non-hydrogen) atoms. The molecule has 2 aliphatic rings. The SMILES string of the molecule is COc1ccc(-c2n[nH]c3c2CC(C(=O)NCCN2CCCC2)CC3)cc1. The molecule has 6 heteroatoms. The molecule has 1 aliphatic heterocycles. The fourth-order valence-corrected chi connectivity index (χ4v) is 4.19. The highest BCUT2D eigenvalue weighted by Gasteiger charge is 2.28. The molecule has 1 unspecified atom stereocenters. The largest absolute Gasteiger partial charge is 0.497 e. The van der Waals surface area contributed by atoms with Crippen molar-refractivity contribution in [2.45, 2.75) is 32.1 Å². The molecule has 1 saturated heterocycles. The molecule has 0 bridgehead atoms. The van der Waals surface area contributed by atoms with Crippen LogP contribution in [0.4, 0.5) is 0 Å². The molecule has 1 amide bonds. The highest BCUT2D eigenvalue weighted by Crippen LogP contribution is 2.32. The van der Waals surface area contributed by atoms with Crippen LogP contribution in [0.3, 0.4) is 0 Å². The molecule has 1 atom stereocenters. The number of likely N-dealkylation sites (tertiary alicyclic amines) is 1. The van der Waals surface area contributed by atoms with Gasteiger partial charge in [0.05, 0.1) is 12.8 Å². The summed E-state index contributed by atoms with van der Waals surface area (Å²) in [5.74, 6) is 1.05. The Bertz CT molecular complexity index is 778. The minimum Gasteiger partial charge on any atom is -0.497 e. The van der Waals surface area contributed by atoms with E-state index in [1.54, 1.807) is 7.11 Å². The normalized spacial score (nSPS) is 19.7. The van der Waals surface area contributed by atoms with E-state index < -0.39 is 0 Å². The van der Waals surface area contributed by atoms with Crippen LogP contribution >= 0.6 is 0 Å². The minimum atomic E-state index is 0.0330. The number of benzene rings is 1. The molecule has 2 aromatic rings. The topological polar surface area (TPSA) is 70.2 Å². The molecule has 0 saturated carbocycles. The summed E-state index contributed by atoms with van der Waals surface area (Å²) >= 11 is 0. The highest BCUT2D eigenvalue weighted by molar-refractivity contribution is 5.80. The summed E-state index contributed by atoms with van der Waals surface area (Å²) in [6, 6.07) is 7.94. The van der Waals surface area contributed by atoms with Crippen molar-refractivity contribution in [2.75, 3.05) is 33.3 Å². The molecule has 0 spiro atoms. The second-order valence-corrected chi connectivity index (χ2v) is 7.54. The summed E-state index contributed by atoms with van der Waals surface area (Å²) in [7, 11) is 1.67. The standard InChI is InChI=1S/C21H28N4O2/c1-27-17-7-4-15(5-8-17)20-18-14-16(6-9-19(18)23-24-20)21(26)22-10-13-25-11-2-3-12-25/h4-5,7-8,16H,2-3,6,9-14H2,1H3,(H,22,26)(H,23,24). The second kappa shape index (κ2) is 8.13. The Morgan fingerprint density at radius 2 is 2.07 bits per heavy atom. The fraction of sp³-hybridized carbons (Fsp3) is 0.524. The van der Waals surface area contributed by atoms with Gasteiger partial charge in [-0.05, 0) is 69.5 Å². The lowest BCUT2D eigenvalue weighted by Crippen LogP contribution is -2.38. The number of carbonyl (C=O) groups excluding carboxylic acids is 1. The van der Waals surface area contributed by atoms with Crippen LogP contribution in [-0.2, 0) is 17.6 Å². The molecular weight excluding hydrogens is 340 g/mol. The Morgan fingerprint density at radius 3 is 2.81 bits per heavy atom. The Morgan fingerprint density at radius 1 is 1.30 bits per heavy atom. The summed E-state index contributed by atoms with van der Waals surface area (Å²) in [4.78, 5) is 15.1. The Balaban J connectivity index is 1.39. The van der Waals surface area contributed by atoms with Crippen LogP contribution in [0.5, 0.6) is 5.75 Å². The van der Waals surface area contributed by atoms with Crippen LogP contribution in [0.1, 0.15) is 30.5 Å². The van der Waals surface area contributed by atoms with Crippen molar-refractivity contribution < 1.29 is 9.53 Å². The van der Waals surface area contributed by atoms with Gasteiger partial charge in [-0.1, -0.05) is 0 Å². The van der Waals surface area contributed by atoms with E-state index in [-0.39, 0.29) is 11.8 Å². The van der Waals surface area contributed by atoms with E-state index in [0.29, 0.717) is 0 Å². The lowest BCUT2D eigenvalue weighted by Gasteiger charge is -2.22. The number of hydrogen-bond donors (Lipinski definition) is 2. The predicted molar refractivity (Wildman–Crippen MR) is 105 cm³/mol. The van der Waals surface area contributed by atoms with Crippen molar-refractivity contribution >= 4 is 5.91 Å². The van der Waals surface area contributed by atoms with Gasteiger partial charge in [0.2, 0.25) is 5.91 Å². The number of amides is 1. The van der Waals surface area contributed by atoms with Gasteiger partial charge in [0.1, 0.15) is 5.75 Å². The number of H-pyrrole nitrogens is 1. The molecular formula is C21H28N4O2. The number of hydrogen-bond acceptors (Lipinski definition) is 4. The summed E-state index contributed by atoms with van der Waals surface area (Å²) in [6.07, 6.45) is 5.08. The third kappa shape index (κ3) is 4.00. The molecule has 1 aromatic carbocycles. The zero-order valence-corrected chi connectivity index (χ0v) is 16.0. The molecule has 1 fully saturated rings. The number of nitrogens with one attached hydrogen (secondary N) is 2. The number of carbonyl (C=O) groups is 1. The zero-order valence-electron chi connectivity index (χ0n) is 16.0. The van der Waals surface area contributed by atoms with E-state index in [0.717, 1.165) is 49.4 Å². The van der Waals surface area contributed by atoms with Crippen molar-refractivity contribution in [1.29, 1.82) is 0 Å². The molecule has 2 heterocycles. The number of aromatic nitrogens is 2. The lowest BCUT2D eigenvalue weighted by molar-refractivity contribution is -0.125. The lowest BCUT2D eigenvalue weighted by atomic mass is 9.85. The average Bonchev–Trinajstić information content (AvgIpc) is 3.37. The van der Waals surface area contributed by atoms with Crippen molar-refractivity contribution in [1.82, 2.24) is 20.4 Å². The fourth-order valence-electron chi connectivity index (χ4n) is 4.19. The van der Waals surface area contributed by atoms with E-state index in [2.05, 4.69) is 20.4 Å². The van der Waals surface area contributed by atoms with Gasteiger partial charge in [0.15, 0.2) is 0 Å². The number of methoxy groups -OCH3 is 1. The quantitative estimate of drug-likeness (QED) is 0.821. The van der Waals surface area contributed by atoms with Gasteiger partial charge in [-0.3, -0.25) is 9.89 Å². The van der Waals surface area contributed by atoms with E-state index in [4.69, 9.17) is 4.74 Å². The monoisotopic (exact) mass is 368 g/mol. The van der Waals surface area contributed by atoms with Gasteiger partial charge >= 0.3 is 0 Å². The molecule has 6 nitrogen and oxygen atoms in total. The molecule has 1 aromatic heterocycles. The second-order valence-electron chi connectivity index (χ2n) is 7.54. The van der Waals surface area contributed by atoms with Crippen LogP contribution < -0.4 is 10.1 Å². The summed E-state index contributed by atoms with van der Waals surface area (Å²) in [5, 5.41) is 10.8. The molecule has 0 radical (unpaired) electrons. The van der Waals surface area contributed by atoms with Crippen LogP contribution in [0.15, 0.2) is 24.3 Å². The van der Waals surface area contributed by atoms with Gasteiger partial charge in [-0.2, -0.15) is 5.10 Å². The molecule has 144 valence electrons. The molecule has 2 N–H and O–H groups in total. The Hall–Kier alpha value is -2.34. The number of rotatable bonds is 6. The number of aromatic amines is 1. The van der Waals surface area contributed by atoms with Gasteiger partial charge < -0.3 is 15.0 Å². The molecule has 1 aliphatic carbocycles. The van der Waals surface area contributed by atoms with Crippen molar-refractivity contribution in [2.24, 2.45) is 5.92 Å². The predicted octanol–water partition coefficient (Wildman–Crippen LogP) is 2.40.